The normalized spacial score (nSPS) is 10.8. The number of hydrogen-bond acceptors (Lipinski definition) is 6. The maximum absolute atomic E-state index is 5.10. The van der Waals surface area contributed by atoms with Gasteiger partial charge in [-0.2, -0.15) is 5.10 Å². The molecule has 0 saturated heterocycles. The van der Waals surface area contributed by atoms with Crippen LogP contribution in [0.4, 0.5) is 0 Å². The van der Waals surface area contributed by atoms with Gasteiger partial charge in [0, 0.05) is 0 Å². The van der Waals surface area contributed by atoms with E-state index in [2.05, 4.69) is 25.6 Å². The van der Waals surface area contributed by atoms with Crippen LogP contribution in [-0.4, -0.2) is 37.5 Å². The third-order valence-corrected chi connectivity index (χ3v) is 2.57. The molecule has 0 amide bonds. The molecule has 0 spiro atoms. The van der Waals surface area contributed by atoms with Gasteiger partial charge in [0.15, 0.2) is 5.69 Å². The number of fused-ring (bicyclic) bond motifs is 1. The van der Waals surface area contributed by atoms with E-state index in [0.29, 0.717) is 11.5 Å². The first-order chi connectivity index (χ1) is 8.78. The summed E-state index contributed by atoms with van der Waals surface area (Å²) in [5.74, 6) is 1.23. The lowest BCUT2D eigenvalue weighted by atomic mass is 10.3. The summed E-state index contributed by atoms with van der Waals surface area (Å²) in [5.41, 5.74) is 2.19. The summed E-state index contributed by atoms with van der Waals surface area (Å²) in [6.07, 6.45) is 0. The molecule has 0 radical (unpaired) electrons. The van der Waals surface area contributed by atoms with Gasteiger partial charge in [0.2, 0.25) is 5.82 Å². The zero-order chi connectivity index (χ0) is 12.5. The van der Waals surface area contributed by atoms with E-state index in [9.17, 15) is 0 Å². The maximum atomic E-state index is 5.10. The number of nitrogens with zero attached hydrogens (tertiary/aromatic N) is 6. The number of aromatic nitrogens is 6. The molecule has 0 atom stereocenters. The van der Waals surface area contributed by atoms with E-state index in [4.69, 9.17) is 4.74 Å². The van der Waals surface area contributed by atoms with Crippen LogP contribution in [0, 0.1) is 6.92 Å². The van der Waals surface area contributed by atoms with E-state index in [1.54, 1.807) is 7.11 Å². The van der Waals surface area contributed by atoms with Crippen LogP contribution in [-0.2, 0) is 0 Å². The van der Waals surface area contributed by atoms with Gasteiger partial charge in [0.05, 0.1) is 18.5 Å². The van der Waals surface area contributed by atoms with Crippen molar-refractivity contribution in [1.82, 2.24) is 30.4 Å². The molecule has 0 bridgehead atoms. The van der Waals surface area contributed by atoms with E-state index in [1.807, 2.05) is 31.2 Å². The van der Waals surface area contributed by atoms with Crippen LogP contribution in [0.5, 0.6) is 5.75 Å². The Hall–Kier alpha value is -2.57. The Labute approximate surface area is 103 Å². The molecule has 0 aromatic heterocycles. The Kier molecular flexibility index (Phi) is 2.36. The molecule has 18 heavy (non-hydrogen) atoms. The average molecular weight is 242 g/mol. The Balaban J connectivity index is 2.07. The number of ether oxygens (including phenoxy) is 1. The monoisotopic (exact) mass is 242 g/mol. The SMILES string of the molecule is COc1ccc(-n2nnc3nnc(C)c-3n2)cc1. The van der Waals surface area contributed by atoms with E-state index in [1.165, 1.54) is 4.80 Å². The van der Waals surface area contributed by atoms with E-state index in [-0.39, 0.29) is 0 Å². The molecule has 0 aliphatic carbocycles. The third kappa shape index (κ3) is 1.65. The first-order valence-corrected chi connectivity index (χ1v) is 5.35. The lowest BCUT2D eigenvalue weighted by molar-refractivity contribution is 0.414. The molecule has 1 aromatic carbocycles. The minimum atomic E-state index is 0.456. The highest BCUT2D eigenvalue weighted by Gasteiger charge is 2.15. The Morgan fingerprint density at radius 2 is 1.83 bits per heavy atom. The first-order valence-electron chi connectivity index (χ1n) is 5.35. The molecule has 0 saturated carbocycles. The van der Waals surface area contributed by atoms with Crippen LogP contribution >= 0.6 is 0 Å². The van der Waals surface area contributed by atoms with Gasteiger partial charge in [0.1, 0.15) is 5.75 Å². The molecule has 1 aromatic rings. The van der Waals surface area contributed by atoms with Crippen molar-refractivity contribution in [2.45, 2.75) is 6.92 Å². The van der Waals surface area contributed by atoms with E-state index in [0.717, 1.165) is 17.1 Å². The molecule has 3 rings (SSSR count). The quantitative estimate of drug-likeness (QED) is 0.663. The second-order valence-electron chi connectivity index (χ2n) is 3.73. The van der Waals surface area contributed by atoms with Crippen LogP contribution < -0.4 is 4.74 Å². The molecule has 2 aliphatic rings. The highest BCUT2D eigenvalue weighted by Crippen LogP contribution is 2.17. The average Bonchev–Trinajstić information content (AvgIpc) is 2.80. The van der Waals surface area contributed by atoms with Crippen LogP contribution in [0.3, 0.4) is 0 Å². The summed E-state index contributed by atoms with van der Waals surface area (Å²) < 4.78 is 5.10. The molecule has 7 heteroatoms. The molecule has 0 N–H and O–H groups in total. The summed E-state index contributed by atoms with van der Waals surface area (Å²) in [5, 5.41) is 20.0. The first kappa shape index (κ1) is 10.6. The molecule has 0 unspecified atom stereocenters. The van der Waals surface area contributed by atoms with E-state index < -0.39 is 0 Å². The summed E-state index contributed by atoms with van der Waals surface area (Å²) >= 11 is 0. The minimum Gasteiger partial charge on any atom is -0.497 e. The summed E-state index contributed by atoms with van der Waals surface area (Å²) in [6, 6.07) is 7.38. The van der Waals surface area contributed by atoms with Crippen molar-refractivity contribution in [2.24, 2.45) is 0 Å². The summed E-state index contributed by atoms with van der Waals surface area (Å²) in [7, 11) is 1.62. The van der Waals surface area contributed by atoms with Crippen LogP contribution in [0.2, 0.25) is 0 Å². The zero-order valence-electron chi connectivity index (χ0n) is 9.90. The number of benzene rings is 1. The molecule has 7 nitrogen and oxygen atoms in total. The summed E-state index contributed by atoms with van der Waals surface area (Å²) in [6.45, 7) is 1.84. The number of rotatable bonds is 2. The molecular weight excluding hydrogens is 232 g/mol. The van der Waals surface area contributed by atoms with Crippen molar-refractivity contribution in [3.8, 4) is 23.0 Å². The predicted molar refractivity (Wildman–Crippen MR) is 62.7 cm³/mol. The largest absolute Gasteiger partial charge is 0.497 e. The van der Waals surface area contributed by atoms with Gasteiger partial charge in [-0.3, -0.25) is 0 Å². The number of hydrogen-bond donors (Lipinski definition) is 0. The fourth-order valence-corrected chi connectivity index (χ4v) is 1.59. The second kappa shape index (κ2) is 4.02. The van der Waals surface area contributed by atoms with Gasteiger partial charge in [-0.1, -0.05) is 0 Å². The highest BCUT2D eigenvalue weighted by molar-refractivity contribution is 5.51. The molecular formula is C11H10N6O. The standard InChI is InChI=1S/C11H10N6O/c1-7-10-11(13-12-7)14-16-17(15-10)8-3-5-9(18-2)6-4-8/h3-6H,1-2H3. The molecule has 0 fully saturated rings. The molecule has 2 aliphatic heterocycles. The van der Waals surface area contributed by atoms with Crippen molar-refractivity contribution in [3.05, 3.63) is 30.0 Å². The Bertz CT molecular complexity index is 647. The van der Waals surface area contributed by atoms with E-state index >= 15 is 0 Å². The lowest BCUT2D eigenvalue weighted by Crippen LogP contribution is -2.10. The van der Waals surface area contributed by atoms with Gasteiger partial charge in [-0.25, -0.2) is 0 Å². The van der Waals surface area contributed by atoms with Crippen LogP contribution in [0.15, 0.2) is 24.3 Å². The fourth-order valence-electron chi connectivity index (χ4n) is 1.59. The molecule has 90 valence electrons. The van der Waals surface area contributed by atoms with Crippen LogP contribution in [0.25, 0.3) is 17.2 Å². The highest BCUT2D eigenvalue weighted by atomic mass is 16.5. The lowest BCUT2D eigenvalue weighted by Gasteiger charge is -2.05. The number of aryl methyl sites for hydroxylation is 1. The Morgan fingerprint density at radius 3 is 2.56 bits per heavy atom. The topological polar surface area (TPSA) is 78.6 Å². The van der Waals surface area contributed by atoms with Crippen molar-refractivity contribution in [3.63, 3.8) is 0 Å². The minimum absolute atomic E-state index is 0.456. The smallest absolute Gasteiger partial charge is 0.227 e. The van der Waals surface area contributed by atoms with Crippen molar-refractivity contribution in [1.29, 1.82) is 0 Å². The fraction of sp³-hybridized carbons (Fsp3) is 0.182. The predicted octanol–water partition coefficient (Wildman–Crippen LogP) is 0.874. The Morgan fingerprint density at radius 1 is 1.06 bits per heavy atom. The van der Waals surface area contributed by atoms with Crippen molar-refractivity contribution >= 4 is 0 Å². The summed E-state index contributed by atoms with van der Waals surface area (Å²) in [4.78, 5) is 1.44. The molecule has 2 heterocycles. The third-order valence-electron chi connectivity index (χ3n) is 2.57. The second-order valence-corrected chi connectivity index (χ2v) is 3.73. The number of methoxy groups -OCH3 is 1. The van der Waals surface area contributed by atoms with Gasteiger partial charge in [-0.05, 0) is 36.4 Å². The van der Waals surface area contributed by atoms with Gasteiger partial charge < -0.3 is 4.74 Å². The van der Waals surface area contributed by atoms with Gasteiger partial charge in [0.25, 0.3) is 0 Å². The van der Waals surface area contributed by atoms with Crippen LogP contribution in [0.1, 0.15) is 5.69 Å². The van der Waals surface area contributed by atoms with Crippen molar-refractivity contribution < 1.29 is 4.74 Å². The van der Waals surface area contributed by atoms with Gasteiger partial charge in [-0.15, -0.1) is 20.1 Å². The van der Waals surface area contributed by atoms with Crippen molar-refractivity contribution in [2.75, 3.05) is 7.11 Å². The van der Waals surface area contributed by atoms with Gasteiger partial charge >= 0.3 is 0 Å². The maximum Gasteiger partial charge on any atom is 0.227 e. The zero-order valence-corrected chi connectivity index (χ0v) is 9.90.